The second kappa shape index (κ2) is 8.30. The van der Waals surface area contributed by atoms with Crippen molar-refractivity contribution >= 4 is 23.3 Å². The van der Waals surface area contributed by atoms with Gasteiger partial charge in [-0.2, -0.15) is 0 Å². The Hall–Kier alpha value is -1.39. The van der Waals surface area contributed by atoms with Gasteiger partial charge >= 0.3 is 0 Å². The minimum Gasteiger partial charge on any atom is -0.394 e. The number of benzene rings is 1. The number of aliphatic hydroxyl groups is 1. The second-order valence-corrected chi connectivity index (χ2v) is 7.08. The summed E-state index contributed by atoms with van der Waals surface area (Å²) in [6, 6.07) is 6.33. The normalized spacial score (nSPS) is 12.8. The van der Waals surface area contributed by atoms with Crippen LogP contribution in [0.1, 0.15) is 50.4 Å². The van der Waals surface area contributed by atoms with Crippen LogP contribution >= 0.6 is 11.6 Å². The Labute approximate surface area is 136 Å². The number of amides is 1. The van der Waals surface area contributed by atoms with Crippen LogP contribution in [0.5, 0.6) is 0 Å². The molecule has 122 valence electrons. The van der Waals surface area contributed by atoms with Crippen molar-refractivity contribution in [1.29, 1.82) is 0 Å². The summed E-state index contributed by atoms with van der Waals surface area (Å²) in [7, 11) is 0. The molecule has 1 aromatic rings. The van der Waals surface area contributed by atoms with E-state index in [2.05, 4.69) is 5.32 Å². The Bertz CT molecular complexity index is 506. The fourth-order valence-corrected chi connectivity index (χ4v) is 2.33. The molecule has 0 fully saturated rings. The predicted molar refractivity (Wildman–Crippen MR) is 88.1 cm³/mol. The van der Waals surface area contributed by atoms with Gasteiger partial charge in [0.15, 0.2) is 5.78 Å². The van der Waals surface area contributed by atoms with Crippen molar-refractivity contribution in [2.45, 2.75) is 46.1 Å². The maximum Gasteiger partial charge on any atom is 0.220 e. The average Bonchev–Trinajstić information content (AvgIpc) is 2.43. The first-order valence-corrected chi connectivity index (χ1v) is 7.78. The zero-order valence-electron chi connectivity index (χ0n) is 13.4. The summed E-state index contributed by atoms with van der Waals surface area (Å²) < 4.78 is 0. The van der Waals surface area contributed by atoms with Gasteiger partial charge in [0.2, 0.25) is 5.91 Å². The van der Waals surface area contributed by atoms with E-state index in [4.69, 9.17) is 11.6 Å². The van der Waals surface area contributed by atoms with Gasteiger partial charge in [0.1, 0.15) is 0 Å². The molecular formula is C17H24ClNO3. The average molecular weight is 326 g/mol. The minimum atomic E-state index is -0.280. The van der Waals surface area contributed by atoms with Crippen molar-refractivity contribution in [3.63, 3.8) is 0 Å². The molecule has 2 N–H and O–H groups in total. The van der Waals surface area contributed by atoms with Gasteiger partial charge in [-0.25, -0.2) is 0 Å². The van der Waals surface area contributed by atoms with Crippen LogP contribution in [0.25, 0.3) is 0 Å². The monoisotopic (exact) mass is 325 g/mol. The molecule has 0 aromatic heterocycles. The number of nitrogens with one attached hydrogen (secondary N) is 1. The molecule has 1 unspecified atom stereocenters. The zero-order valence-corrected chi connectivity index (χ0v) is 14.1. The van der Waals surface area contributed by atoms with Gasteiger partial charge in [-0.1, -0.05) is 32.4 Å². The molecule has 0 aliphatic heterocycles. The van der Waals surface area contributed by atoms with Crippen molar-refractivity contribution < 1.29 is 14.7 Å². The molecule has 0 heterocycles. The van der Waals surface area contributed by atoms with E-state index < -0.39 is 0 Å². The van der Waals surface area contributed by atoms with Gasteiger partial charge in [0, 0.05) is 23.4 Å². The van der Waals surface area contributed by atoms with Crippen LogP contribution < -0.4 is 5.32 Å². The van der Waals surface area contributed by atoms with Crippen LogP contribution in [-0.2, 0) is 4.79 Å². The minimum absolute atomic E-state index is 0.0137. The number of rotatable bonds is 7. The Morgan fingerprint density at radius 2 is 1.77 bits per heavy atom. The molecule has 1 aromatic carbocycles. The number of carbonyl (C=O) groups excluding carboxylic acids is 2. The van der Waals surface area contributed by atoms with Gasteiger partial charge in [-0.3, -0.25) is 9.59 Å². The molecule has 0 radical (unpaired) electrons. The van der Waals surface area contributed by atoms with Crippen LogP contribution in [0.2, 0.25) is 5.02 Å². The van der Waals surface area contributed by atoms with Gasteiger partial charge in [0.05, 0.1) is 12.6 Å². The van der Waals surface area contributed by atoms with Crippen molar-refractivity contribution in [2.24, 2.45) is 5.41 Å². The third-order valence-electron chi connectivity index (χ3n) is 3.19. The van der Waals surface area contributed by atoms with Crippen molar-refractivity contribution in [3.05, 3.63) is 34.9 Å². The van der Waals surface area contributed by atoms with E-state index in [0.29, 0.717) is 17.0 Å². The highest BCUT2D eigenvalue weighted by atomic mass is 35.5. The van der Waals surface area contributed by atoms with E-state index in [1.54, 1.807) is 24.3 Å². The highest BCUT2D eigenvalue weighted by Crippen LogP contribution is 2.20. The molecule has 4 nitrogen and oxygen atoms in total. The molecule has 22 heavy (non-hydrogen) atoms. The summed E-state index contributed by atoms with van der Waals surface area (Å²) >= 11 is 5.77. The summed E-state index contributed by atoms with van der Waals surface area (Å²) in [5.41, 5.74) is 0.561. The lowest BCUT2D eigenvalue weighted by Gasteiger charge is -2.25. The molecule has 0 saturated carbocycles. The molecule has 0 bridgehead atoms. The topological polar surface area (TPSA) is 66.4 Å². The predicted octanol–water partition coefficient (Wildman–Crippen LogP) is 3.22. The maximum atomic E-state index is 12.0. The lowest BCUT2D eigenvalue weighted by molar-refractivity contribution is -0.122. The molecule has 0 saturated heterocycles. The highest BCUT2D eigenvalue weighted by Gasteiger charge is 2.20. The Kier molecular flexibility index (Phi) is 7.04. The van der Waals surface area contributed by atoms with Crippen LogP contribution in [-0.4, -0.2) is 29.4 Å². The van der Waals surface area contributed by atoms with Gasteiger partial charge in [-0.15, -0.1) is 0 Å². The third-order valence-corrected chi connectivity index (χ3v) is 3.44. The first-order chi connectivity index (χ1) is 10.2. The molecular weight excluding hydrogens is 302 g/mol. The van der Waals surface area contributed by atoms with E-state index in [1.807, 2.05) is 20.8 Å². The number of halogens is 1. The Morgan fingerprint density at radius 1 is 1.18 bits per heavy atom. The summed E-state index contributed by atoms with van der Waals surface area (Å²) in [4.78, 5) is 23.9. The molecule has 0 spiro atoms. The quantitative estimate of drug-likeness (QED) is 0.756. The lowest BCUT2D eigenvalue weighted by atomic mass is 9.88. The highest BCUT2D eigenvalue weighted by molar-refractivity contribution is 6.30. The van der Waals surface area contributed by atoms with E-state index in [1.165, 1.54) is 0 Å². The van der Waals surface area contributed by atoms with Gasteiger partial charge < -0.3 is 10.4 Å². The number of hydrogen-bond acceptors (Lipinski definition) is 3. The zero-order chi connectivity index (χ0) is 16.8. The van der Waals surface area contributed by atoms with Crippen LogP contribution in [0.3, 0.4) is 0 Å². The SMILES string of the molecule is CC(C)(C)CC(CO)NC(=O)CCC(=O)c1ccc(Cl)cc1. The number of ketones is 1. The van der Waals surface area contributed by atoms with Crippen molar-refractivity contribution in [1.82, 2.24) is 5.32 Å². The second-order valence-electron chi connectivity index (χ2n) is 6.64. The van der Waals surface area contributed by atoms with Crippen LogP contribution in [0.4, 0.5) is 0 Å². The largest absolute Gasteiger partial charge is 0.394 e. The fourth-order valence-electron chi connectivity index (χ4n) is 2.21. The summed E-state index contributed by atoms with van der Waals surface area (Å²) in [5.74, 6) is -0.311. The Balaban J connectivity index is 2.45. The van der Waals surface area contributed by atoms with Crippen LogP contribution in [0, 0.1) is 5.41 Å². The van der Waals surface area contributed by atoms with E-state index in [0.717, 1.165) is 0 Å². The lowest BCUT2D eigenvalue weighted by Crippen LogP contribution is -2.40. The number of carbonyl (C=O) groups is 2. The maximum absolute atomic E-state index is 12.0. The smallest absolute Gasteiger partial charge is 0.220 e. The fraction of sp³-hybridized carbons (Fsp3) is 0.529. The number of aliphatic hydroxyl groups excluding tert-OH is 1. The number of hydrogen-bond donors (Lipinski definition) is 2. The first-order valence-electron chi connectivity index (χ1n) is 7.40. The number of Topliss-reactive ketones (excluding diaryl/α,β-unsaturated/α-hetero) is 1. The van der Waals surface area contributed by atoms with E-state index in [9.17, 15) is 14.7 Å². The molecule has 0 aliphatic carbocycles. The summed E-state index contributed by atoms with van der Waals surface area (Å²) in [6.07, 6.45) is 0.934. The van der Waals surface area contributed by atoms with Crippen molar-refractivity contribution in [3.8, 4) is 0 Å². The van der Waals surface area contributed by atoms with E-state index in [-0.39, 0.29) is 42.6 Å². The molecule has 1 atom stereocenters. The molecule has 0 aliphatic rings. The summed E-state index contributed by atoms with van der Waals surface area (Å²) in [5, 5.41) is 12.7. The van der Waals surface area contributed by atoms with Crippen molar-refractivity contribution in [2.75, 3.05) is 6.61 Å². The van der Waals surface area contributed by atoms with E-state index >= 15 is 0 Å². The third kappa shape index (κ3) is 7.05. The summed E-state index contributed by atoms with van der Waals surface area (Å²) in [6.45, 7) is 6.04. The molecule has 1 amide bonds. The van der Waals surface area contributed by atoms with Crippen LogP contribution in [0.15, 0.2) is 24.3 Å². The Morgan fingerprint density at radius 3 is 2.27 bits per heavy atom. The first kappa shape index (κ1) is 18.7. The van der Waals surface area contributed by atoms with Gasteiger partial charge in [0.25, 0.3) is 0 Å². The van der Waals surface area contributed by atoms with Gasteiger partial charge in [-0.05, 0) is 36.1 Å². The molecule has 5 heteroatoms. The molecule has 1 rings (SSSR count). The standard InChI is InChI=1S/C17H24ClNO3/c1-17(2,3)10-14(11-20)19-16(22)9-8-15(21)12-4-6-13(18)7-5-12/h4-7,14,20H,8-11H2,1-3H3,(H,19,22).